The average Bonchev–Trinajstić information content (AvgIpc) is 2.48. The van der Waals surface area contributed by atoms with Gasteiger partial charge in [0, 0.05) is 43.3 Å². The van der Waals surface area contributed by atoms with Crippen LogP contribution in [0, 0.1) is 5.92 Å². The van der Waals surface area contributed by atoms with Crippen LogP contribution < -0.4 is 10.2 Å². The van der Waals surface area contributed by atoms with Crippen molar-refractivity contribution in [1.29, 1.82) is 0 Å². The van der Waals surface area contributed by atoms with Crippen LogP contribution >= 0.6 is 0 Å². The summed E-state index contributed by atoms with van der Waals surface area (Å²) in [5, 5.41) is 3.82. The fraction of sp³-hybridized carbons (Fsp3) is 0.706. The summed E-state index contributed by atoms with van der Waals surface area (Å²) in [5.74, 6) is 0.828. The first kappa shape index (κ1) is 15.3. The van der Waals surface area contributed by atoms with Crippen LogP contribution in [0.2, 0.25) is 0 Å². The number of pyridine rings is 1. The van der Waals surface area contributed by atoms with Crippen molar-refractivity contribution in [3.05, 3.63) is 24.5 Å². The summed E-state index contributed by atoms with van der Waals surface area (Å²) < 4.78 is 0. The van der Waals surface area contributed by atoms with Crippen LogP contribution in [0.3, 0.4) is 0 Å². The van der Waals surface area contributed by atoms with Crippen LogP contribution in [0.1, 0.15) is 46.5 Å². The molecule has 0 spiro atoms. The lowest BCUT2D eigenvalue weighted by molar-refractivity contribution is 0.336. The first-order valence-corrected chi connectivity index (χ1v) is 8.10. The second-order valence-corrected chi connectivity index (χ2v) is 6.28. The zero-order valence-corrected chi connectivity index (χ0v) is 13.2. The van der Waals surface area contributed by atoms with Crippen LogP contribution in [0.15, 0.2) is 24.5 Å². The van der Waals surface area contributed by atoms with Gasteiger partial charge in [-0.3, -0.25) is 4.98 Å². The summed E-state index contributed by atoms with van der Waals surface area (Å²) >= 11 is 0. The van der Waals surface area contributed by atoms with Gasteiger partial charge in [0.15, 0.2) is 0 Å². The highest BCUT2D eigenvalue weighted by molar-refractivity contribution is 5.44. The number of anilines is 1. The van der Waals surface area contributed by atoms with Crippen LogP contribution in [0.4, 0.5) is 5.69 Å². The minimum atomic E-state index is 0.641. The van der Waals surface area contributed by atoms with Gasteiger partial charge in [-0.15, -0.1) is 0 Å². The molecule has 1 fully saturated rings. The second kappa shape index (κ2) is 7.63. The van der Waals surface area contributed by atoms with Crippen molar-refractivity contribution >= 4 is 5.69 Å². The van der Waals surface area contributed by atoms with Crippen molar-refractivity contribution in [2.45, 2.75) is 58.5 Å². The number of nitrogens with zero attached hydrogens (tertiary/aromatic N) is 2. The summed E-state index contributed by atoms with van der Waals surface area (Å²) in [4.78, 5) is 6.56. The Morgan fingerprint density at radius 3 is 2.50 bits per heavy atom. The quantitative estimate of drug-likeness (QED) is 0.861. The number of rotatable bonds is 6. The van der Waals surface area contributed by atoms with E-state index in [4.69, 9.17) is 0 Å². The molecule has 1 aromatic heterocycles. The van der Waals surface area contributed by atoms with Crippen molar-refractivity contribution < 1.29 is 0 Å². The minimum Gasteiger partial charge on any atom is -0.371 e. The van der Waals surface area contributed by atoms with E-state index in [1.165, 1.54) is 31.4 Å². The van der Waals surface area contributed by atoms with Gasteiger partial charge >= 0.3 is 0 Å². The van der Waals surface area contributed by atoms with E-state index in [1.807, 2.05) is 12.4 Å². The van der Waals surface area contributed by atoms with Gasteiger partial charge in [0.25, 0.3) is 0 Å². The maximum Gasteiger partial charge on any atom is 0.0397 e. The lowest BCUT2D eigenvalue weighted by atomic mass is 9.98. The molecule has 0 aliphatic carbocycles. The smallest absolute Gasteiger partial charge is 0.0397 e. The predicted molar refractivity (Wildman–Crippen MR) is 86.1 cm³/mol. The van der Waals surface area contributed by atoms with Gasteiger partial charge in [0.05, 0.1) is 0 Å². The molecule has 2 rings (SSSR count). The lowest BCUT2D eigenvalue weighted by Gasteiger charge is -2.35. The maximum atomic E-state index is 4.09. The Kier molecular flexibility index (Phi) is 5.84. The zero-order chi connectivity index (χ0) is 14.4. The minimum absolute atomic E-state index is 0.641. The van der Waals surface area contributed by atoms with E-state index < -0.39 is 0 Å². The van der Waals surface area contributed by atoms with Gasteiger partial charge in [0.1, 0.15) is 0 Å². The molecule has 0 saturated carbocycles. The molecular formula is C17H29N3. The van der Waals surface area contributed by atoms with Gasteiger partial charge in [-0.1, -0.05) is 20.3 Å². The van der Waals surface area contributed by atoms with Crippen LogP contribution in [-0.4, -0.2) is 30.2 Å². The first-order valence-electron chi connectivity index (χ1n) is 8.10. The number of hydrogen-bond acceptors (Lipinski definition) is 3. The van der Waals surface area contributed by atoms with E-state index in [1.54, 1.807) is 0 Å². The van der Waals surface area contributed by atoms with Crippen LogP contribution in [0.5, 0.6) is 0 Å². The molecule has 20 heavy (non-hydrogen) atoms. The molecule has 0 bridgehead atoms. The lowest BCUT2D eigenvalue weighted by Crippen LogP contribution is -2.45. The normalized spacial score (nSPS) is 19.9. The summed E-state index contributed by atoms with van der Waals surface area (Å²) in [6.07, 6.45) is 8.83. The highest BCUT2D eigenvalue weighted by Crippen LogP contribution is 2.20. The SMILES string of the molecule is CCC(C)CC(C)NC1CCN(c2ccncc2)CC1. The van der Waals surface area contributed by atoms with Gasteiger partial charge in [-0.25, -0.2) is 0 Å². The standard InChI is InChI=1S/C17H29N3/c1-4-14(2)13-15(3)19-16-7-11-20(12-8-16)17-5-9-18-10-6-17/h5-6,9-10,14-16,19H,4,7-8,11-13H2,1-3H3. The number of nitrogens with one attached hydrogen (secondary N) is 1. The molecule has 0 radical (unpaired) electrons. The number of hydrogen-bond donors (Lipinski definition) is 1. The third kappa shape index (κ3) is 4.48. The molecule has 112 valence electrons. The molecule has 3 nitrogen and oxygen atoms in total. The number of piperidine rings is 1. The molecule has 2 atom stereocenters. The van der Waals surface area contributed by atoms with Crippen molar-refractivity contribution in [3.8, 4) is 0 Å². The Balaban J connectivity index is 1.74. The van der Waals surface area contributed by atoms with Crippen LogP contribution in [0.25, 0.3) is 0 Å². The third-order valence-corrected chi connectivity index (χ3v) is 4.50. The fourth-order valence-corrected chi connectivity index (χ4v) is 3.10. The van der Waals surface area contributed by atoms with E-state index in [0.717, 1.165) is 19.0 Å². The maximum absolute atomic E-state index is 4.09. The number of aromatic nitrogens is 1. The first-order chi connectivity index (χ1) is 9.69. The third-order valence-electron chi connectivity index (χ3n) is 4.50. The highest BCUT2D eigenvalue weighted by atomic mass is 15.1. The van der Waals surface area contributed by atoms with Gasteiger partial charge in [0.2, 0.25) is 0 Å². The Morgan fingerprint density at radius 2 is 1.90 bits per heavy atom. The largest absolute Gasteiger partial charge is 0.371 e. The second-order valence-electron chi connectivity index (χ2n) is 6.28. The Labute approximate surface area is 123 Å². The molecule has 1 aromatic rings. The molecule has 1 saturated heterocycles. The Bertz CT molecular complexity index is 371. The van der Waals surface area contributed by atoms with Gasteiger partial charge < -0.3 is 10.2 Å². The monoisotopic (exact) mass is 275 g/mol. The molecule has 1 aliphatic rings. The van der Waals surface area contributed by atoms with Crippen molar-refractivity contribution in [1.82, 2.24) is 10.3 Å². The van der Waals surface area contributed by atoms with E-state index in [2.05, 4.69) is 48.1 Å². The summed E-state index contributed by atoms with van der Waals surface area (Å²) in [6, 6.07) is 5.55. The van der Waals surface area contributed by atoms with Gasteiger partial charge in [-0.2, -0.15) is 0 Å². The fourth-order valence-electron chi connectivity index (χ4n) is 3.10. The van der Waals surface area contributed by atoms with E-state index in [0.29, 0.717) is 12.1 Å². The highest BCUT2D eigenvalue weighted by Gasteiger charge is 2.20. The van der Waals surface area contributed by atoms with E-state index in [9.17, 15) is 0 Å². The molecule has 0 aromatic carbocycles. The topological polar surface area (TPSA) is 28.2 Å². The summed E-state index contributed by atoms with van der Waals surface area (Å²) in [6.45, 7) is 9.27. The molecule has 0 amide bonds. The molecular weight excluding hydrogens is 246 g/mol. The van der Waals surface area contributed by atoms with Crippen molar-refractivity contribution in [2.75, 3.05) is 18.0 Å². The molecule has 1 aliphatic heterocycles. The Morgan fingerprint density at radius 1 is 1.25 bits per heavy atom. The Hall–Kier alpha value is -1.09. The van der Waals surface area contributed by atoms with Crippen LogP contribution in [-0.2, 0) is 0 Å². The molecule has 2 unspecified atom stereocenters. The summed E-state index contributed by atoms with van der Waals surface area (Å²) in [5.41, 5.74) is 1.31. The molecule has 3 heteroatoms. The van der Waals surface area contributed by atoms with Crippen molar-refractivity contribution in [2.24, 2.45) is 5.92 Å². The summed E-state index contributed by atoms with van der Waals surface area (Å²) in [7, 11) is 0. The zero-order valence-electron chi connectivity index (χ0n) is 13.2. The average molecular weight is 275 g/mol. The van der Waals surface area contributed by atoms with E-state index >= 15 is 0 Å². The molecule has 1 N–H and O–H groups in total. The van der Waals surface area contributed by atoms with Crippen molar-refractivity contribution in [3.63, 3.8) is 0 Å². The van der Waals surface area contributed by atoms with E-state index in [-0.39, 0.29) is 0 Å². The predicted octanol–water partition coefficient (Wildman–Crippen LogP) is 3.46. The molecule has 2 heterocycles. The van der Waals surface area contributed by atoms with Gasteiger partial charge in [-0.05, 0) is 44.2 Å².